The summed E-state index contributed by atoms with van der Waals surface area (Å²) in [4.78, 5) is 2.39. The molecule has 0 amide bonds. The lowest BCUT2D eigenvalue weighted by atomic mass is 10.2. The van der Waals surface area contributed by atoms with E-state index in [0.717, 1.165) is 12.1 Å². The molecular formula is C7H3FN4O. The van der Waals surface area contributed by atoms with Crippen LogP contribution in [0.2, 0.25) is 0 Å². The minimum atomic E-state index is -0.912. The van der Waals surface area contributed by atoms with Crippen LogP contribution in [0, 0.1) is 17.1 Å². The quantitative estimate of drug-likeness (QED) is 0.406. The van der Waals surface area contributed by atoms with Crippen molar-refractivity contribution < 1.29 is 9.50 Å². The van der Waals surface area contributed by atoms with E-state index >= 15 is 0 Å². The molecule has 0 aromatic heterocycles. The van der Waals surface area contributed by atoms with Crippen LogP contribution in [0.3, 0.4) is 0 Å². The molecule has 0 fully saturated rings. The van der Waals surface area contributed by atoms with Gasteiger partial charge in [-0.1, -0.05) is 5.11 Å². The molecule has 13 heavy (non-hydrogen) atoms. The predicted octanol–water partition coefficient (Wildman–Crippen LogP) is 2.34. The number of halogens is 1. The van der Waals surface area contributed by atoms with Gasteiger partial charge in [0.1, 0.15) is 17.6 Å². The lowest BCUT2D eigenvalue weighted by molar-refractivity contribution is 0.469. The first-order valence-corrected chi connectivity index (χ1v) is 3.16. The maximum absolute atomic E-state index is 12.9. The fraction of sp³-hybridized carbons (Fsp3) is 0. The van der Waals surface area contributed by atoms with E-state index in [9.17, 15) is 4.39 Å². The van der Waals surface area contributed by atoms with Gasteiger partial charge in [-0.15, -0.1) is 0 Å². The number of aromatic hydroxyl groups is 1. The highest BCUT2D eigenvalue weighted by molar-refractivity contribution is 5.56. The summed E-state index contributed by atoms with van der Waals surface area (Å²) in [6.45, 7) is 0. The summed E-state index contributed by atoms with van der Waals surface area (Å²) in [6, 6.07) is 3.31. The van der Waals surface area contributed by atoms with Gasteiger partial charge in [0.05, 0.1) is 11.3 Å². The molecule has 0 aliphatic carbocycles. The van der Waals surface area contributed by atoms with E-state index in [0.29, 0.717) is 0 Å². The largest absolute Gasteiger partial charge is 0.508 e. The minimum absolute atomic E-state index is 0.220. The van der Waals surface area contributed by atoms with Crippen molar-refractivity contribution in [3.05, 3.63) is 34.0 Å². The van der Waals surface area contributed by atoms with Crippen molar-refractivity contribution >= 4 is 5.69 Å². The van der Waals surface area contributed by atoms with Crippen molar-refractivity contribution in [2.45, 2.75) is 0 Å². The molecule has 0 saturated heterocycles. The standard InChI is InChI=1S/C7H3FN4O/c8-6-1-4(13)2-7(11-12-10)5(6)3-9/h1-2,13H. The summed E-state index contributed by atoms with van der Waals surface area (Å²) >= 11 is 0. The van der Waals surface area contributed by atoms with Gasteiger partial charge in [0.15, 0.2) is 0 Å². The van der Waals surface area contributed by atoms with Crippen LogP contribution in [0.15, 0.2) is 17.2 Å². The zero-order chi connectivity index (χ0) is 9.84. The van der Waals surface area contributed by atoms with Gasteiger partial charge in [-0.3, -0.25) is 0 Å². The maximum Gasteiger partial charge on any atom is 0.145 e. The average molecular weight is 178 g/mol. The molecule has 1 N–H and O–H groups in total. The Morgan fingerprint density at radius 2 is 2.31 bits per heavy atom. The summed E-state index contributed by atoms with van der Waals surface area (Å²) < 4.78 is 12.9. The summed E-state index contributed by atoms with van der Waals surface area (Å²) in [5.41, 5.74) is 7.47. The van der Waals surface area contributed by atoms with Gasteiger partial charge < -0.3 is 5.11 Å². The van der Waals surface area contributed by atoms with Crippen molar-refractivity contribution in [2.75, 3.05) is 0 Å². The SMILES string of the molecule is N#Cc1c(F)cc(O)cc1N=[N+]=[N-]. The van der Waals surface area contributed by atoms with Crippen LogP contribution in [0.25, 0.3) is 10.4 Å². The zero-order valence-corrected chi connectivity index (χ0v) is 6.27. The van der Waals surface area contributed by atoms with Crippen LogP contribution in [0.5, 0.6) is 5.75 Å². The highest BCUT2D eigenvalue weighted by Crippen LogP contribution is 2.26. The fourth-order valence-electron chi connectivity index (χ4n) is 0.816. The molecule has 0 atom stereocenters. The average Bonchev–Trinajstić information content (AvgIpc) is 2.04. The monoisotopic (exact) mass is 178 g/mol. The number of phenols is 1. The second kappa shape index (κ2) is 3.43. The normalized spacial score (nSPS) is 8.62. The number of nitrogens with zero attached hydrogens (tertiary/aromatic N) is 4. The van der Waals surface area contributed by atoms with E-state index in [1.807, 2.05) is 0 Å². The summed E-state index contributed by atoms with van der Waals surface area (Å²) in [5.74, 6) is -1.30. The zero-order valence-electron chi connectivity index (χ0n) is 6.27. The molecule has 64 valence electrons. The Morgan fingerprint density at radius 3 is 2.85 bits per heavy atom. The second-order valence-corrected chi connectivity index (χ2v) is 2.12. The van der Waals surface area contributed by atoms with Crippen molar-refractivity contribution in [3.63, 3.8) is 0 Å². The Bertz CT molecular complexity index is 431. The van der Waals surface area contributed by atoms with Gasteiger partial charge >= 0.3 is 0 Å². The van der Waals surface area contributed by atoms with Gasteiger partial charge in [-0.2, -0.15) is 5.26 Å². The molecule has 0 aliphatic heterocycles. The number of nitriles is 1. The number of rotatable bonds is 1. The molecule has 0 saturated carbocycles. The Morgan fingerprint density at radius 1 is 1.62 bits per heavy atom. The highest BCUT2D eigenvalue weighted by atomic mass is 19.1. The predicted molar refractivity (Wildman–Crippen MR) is 41.6 cm³/mol. The van der Waals surface area contributed by atoms with Gasteiger partial charge in [0.2, 0.25) is 0 Å². The van der Waals surface area contributed by atoms with E-state index in [1.54, 1.807) is 0 Å². The molecule has 1 aromatic rings. The van der Waals surface area contributed by atoms with Crippen LogP contribution in [0.1, 0.15) is 5.56 Å². The molecule has 0 heterocycles. The third kappa shape index (κ3) is 1.67. The van der Waals surface area contributed by atoms with E-state index in [2.05, 4.69) is 10.0 Å². The van der Waals surface area contributed by atoms with Crippen LogP contribution in [0.4, 0.5) is 10.1 Å². The highest BCUT2D eigenvalue weighted by Gasteiger charge is 2.08. The van der Waals surface area contributed by atoms with Crippen LogP contribution < -0.4 is 0 Å². The first kappa shape index (κ1) is 8.84. The Hall–Kier alpha value is -2.25. The molecule has 1 rings (SSSR count). The van der Waals surface area contributed by atoms with Crippen molar-refractivity contribution in [3.8, 4) is 11.8 Å². The second-order valence-electron chi connectivity index (χ2n) is 2.12. The maximum atomic E-state index is 12.9. The third-order valence-electron chi connectivity index (χ3n) is 1.32. The van der Waals surface area contributed by atoms with Gasteiger partial charge in [-0.25, -0.2) is 4.39 Å². The summed E-state index contributed by atoms with van der Waals surface area (Å²) in [7, 11) is 0. The Labute approximate surface area is 72.3 Å². The van der Waals surface area contributed by atoms with E-state index in [4.69, 9.17) is 15.9 Å². The number of benzene rings is 1. The van der Waals surface area contributed by atoms with Gasteiger partial charge in [0, 0.05) is 11.0 Å². The molecule has 0 unspecified atom stereocenters. The number of phenolic OH excluding ortho intramolecular Hbond substituents is 1. The molecule has 5 nitrogen and oxygen atoms in total. The van der Waals surface area contributed by atoms with Crippen LogP contribution in [-0.4, -0.2) is 5.11 Å². The van der Waals surface area contributed by atoms with E-state index in [1.165, 1.54) is 6.07 Å². The first-order chi connectivity index (χ1) is 6.19. The smallest absolute Gasteiger partial charge is 0.145 e. The van der Waals surface area contributed by atoms with Crippen molar-refractivity contribution in [1.82, 2.24) is 0 Å². The Kier molecular flexibility index (Phi) is 2.33. The lowest BCUT2D eigenvalue weighted by Gasteiger charge is -1.98. The molecule has 1 aromatic carbocycles. The van der Waals surface area contributed by atoms with Gasteiger partial charge in [-0.05, 0) is 11.6 Å². The minimum Gasteiger partial charge on any atom is -0.508 e. The molecule has 6 heteroatoms. The van der Waals surface area contributed by atoms with E-state index in [-0.39, 0.29) is 17.0 Å². The molecule has 0 bridgehead atoms. The molecule has 0 radical (unpaired) electrons. The fourth-order valence-corrected chi connectivity index (χ4v) is 0.816. The summed E-state index contributed by atoms with van der Waals surface area (Å²) in [6.07, 6.45) is 0. The van der Waals surface area contributed by atoms with Crippen LogP contribution >= 0.6 is 0 Å². The molecule has 0 aliphatic rings. The third-order valence-corrected chi connectivity index (χ3v) is 1.32. The Balaban J connectivity index is 3.49. The molecular weight excluding hydrogens is 175 g/mol. The number of hydrogen-bond donors (Lipinski definition) is 1. The summed E-state index contributed by atoms with van der Waals surface area (Å²) in [5, 5.41) is 20.4. The first-order valence-electron chi connectivity index (χ1n) is 3.16. The molecule has 0 spiro atoms. The van der Waals surface area contributed by atoms with Crippen molar-refractivity contribution in [2.24, 2.45) is 5.11 Å². The van der Waals surface area contributed by atoms with E-state index < -0.39 is 5.82 Å². The topological polar surface area (TPSA) is 92.8 Å². The number of azide groups is 1. The van der Waals surface area contributed by atoms with Crippen LogP contribution in [-0.2, 0) is 0 Å². The van der Waals surface area contributed by atoms with Gasteiger partial charge in [0.25, 0.3) is 0 Å². The van der Waals surface area contributed by atoms with Crippen molar-refractivity contribution in [1.29, 1.82) is 5.26 Å². The number of hydrogen-bond acceptors (Lipinski definition) is 3. The lowest BCUT2D eigenvalue weighted by Crippen LogP contribution is -1.83.